The van der Waals surface area contributed by atoms with E-state index in [1.807, 2.05) is 0 Å². The fraction of sp³-hybridized carbons (Fsp3) is 0.667. The van der Waals surface area contributed by atoms with E-state index in [-0.39, 0.29) is 6.42 Å². The van der Waals surface area contributed by atoms with Crippen molar-refractivity contribution in [3.8, 4) is 0 Å². The van der Waals surface area contributed by atoms with Crippen molar-refractivity contribution in [3.63, 3.8) is 0 Å². The number of esters is 1. The Morgan fingerprint density at radius 3 is 2.36 bits per heavy atom. The summed E-state index contributed by atoms with van der Waals surface area (Å²) in [6.45, 7) is 4.38. The maximum Gasteiger partial charge on any atom is 0.315 e. The Bertz CT molecular complexity index is 218. The molecule has 0 heterocycles. The van der Waals surface area contributed by atoms with Gasteiger partial charge in [-0.05, 0) is 13.3 Å². The van der Waals surface area contributed by atoms with Crippen molar-refractivity contribution in [2.45, 2.75) is 25.9 Å². The molecule has 0 N–H and O–H groups in total. The van der Waals surface area contributed by atoms with Crippen LogP contribution in [0, 0.1) is 5.41 Å². The smallest absolute Gasteiger partial charge is 0.315 e. The van der Waals surface area contributed by atoms with Crippen LogP contribution in [0.5, 0.6) is 0 Å². The van der Waals surface area contributed by atoms with E-state index in [1.165, 1.54) is 6.08 Å². The molecule has 14 heavy (non-hydrogen) atoms. The van der Waals surface area contributed by atoms with Gasteiger partial charge in [-0.1, -0.05) is 6.08 Å². The number of alkyl halides is 3. The summed E-state index contributed by atoms with van der Waals surface area (Å²) in [5.74, 6) is -0.995. The van der Waals surface area contributed by atoms with Gasteiger partial charge in [-0.2, -0.15) is 0 Å². The van der Waals surface area contributed by atoms with Gasteiger partial charge in [0.1, 0.15) is 5.41 Å². The van der Waals surface area contributed by atoms with E-state index in [1.54, 1.807) is 0 Å². The SMILES string of the molecule is C=CCC(C)(C(=O)OC)C(F)C(F)F. The van der Waals surface area contributed by atoms with E-state index in [0.717, 1.165) is 14.0 Å². The first-order chi connectivity index (χ1) is 6.40. The van der Waals surface area contributed by atoms with Crippen molar-refractivity contribution >= 4 is 5.97 Å². The number of allylic oxidation sites excluding steroid dienone is 1. The van der Waals surface area contributed by atoms with Gasteiger partial charge >= 0.3 is 5.97 Å². The largest absolute Gasteiger partial charge is 0.469 e. The molecular weight excluding hydrogens is 197 g/mol. The Hall–Kier alpha value is -1.00. The third-order valence-corrected chi connectivity index (χ3v) is 2.05. The van der Waals surface area contributed by atoms with Gasteiger partial charge in [0.15, 0.2) is 6.17 Å². The van der Waals surface area contributed by atoms with Crippen LogP contribution in [0.4, 0.5) is 13.2 Å². The number of rotatable bonds is 5. The Morgan fingerprint density at radius 1 is 1.57 bits per heavy atom. The number of ether oxygens (including phenoxy) is 1. The molecule has 2 nitrogen and oxygen atoms in total. The summed E-state index contributed by atoms with van der Waals surface area (Å²) in [6, 6.07) is 0. The van der Waals surface area contributed by atoms with Crippen molar-refractivity contribution in [2.24, 2.45) is 5.41 Å². The van der Waals surface area contributed by atoms with E-state index in [0.29, 0.717) is 0 Å². The number of halogens is 3. The van der Waals surface area contributed by atoms with E-state index < -0.39 is 24.0 Å². The van der Waals surface area contributed by atoms with Crippen LogP contribution in [0.1, 0.15) is 13.3 Å². The zero-order chi connectivity index (χ0) is 11.4. The first kappa shape index (κ1) is 13.0. The molecule has 0 spiro atoms. The Balaban J connectivity index is 4.87. The fourth-order valence-electron chi connectivity index (χ4n) is 1.12. The van der Waals surface area contributed by atoms with Gasteiger partial charge in [0, 0.05) is 0 Å². The summed E-state index contributed by atoms with van der Waals surface area (Å²) < 4.78 is 41.6. The molecule has 0 aromatic heterocycles. The third kappa shape index (κ3) is 2.49. The lowest BCUT2D eigenvalue weighted by Crippen LogP contribution is -2.41. The second-order valence-electron chi connectivity index (χ2n) is 3.14. The Kier molecular flexibility index (Phi) is 4.67. The molecule has 0 aromatic rings. The van der Waals surface area contributed by atoms with Gasteiger partial charge in [0.05, 0.1) is 7.11 Å². The minimum Gasteiger partial charge on any atom is -0.469 e. The maximum atomic E-state index is 13.1. The average molecular weight is 210 g/mol. The van der Waals surface area contributed by atoms with Gasteiger partial charge in [0.2, 0.25) is 0 Å². The fourth-order valence-corrected chi connectivity index (χ4v) is 1.12. The first-order valence-corrected chi connectivity index (χ1v) is 4.01. The summed E-state index contributed by atoms with van der Waals surface area (Å²) in [5, 5.41) is 0. The molecule has 2 atom stereocenters. The van der Waals surface area contributed by atoms with Crippen molar-refractivity contribution in [3.05, 3.63) is 12.7 Å². The third-order valence-electron chi connectivity index (χ3n) is 2.05. The predicted molar refractivity (Wildman–Crippen MR) is 45.8 cm³/mol. The molecule has 0 aliphatic heterocycles. The van der Waals surface area contributed by atoms with Crippen molar-refractivity contribution in [1.29, 1.82) is 0 Å². The van der Waals surface area contributed by atoms with E-state index in [9.17, 15) is 18.0 Å². The van der Waals surface area contributed by atoms with Crippen LogP contribution in [-0.4, -0.2) is 25.7 Å². The van der Waals surface area contributed by atoms with Crippen molar-refractivity contribution in [2.75, 3.05) is 7.11 Å². The predicted octanol–water partition coefficient (Wildman–Crippen LogP) is 2.35. The summed E-state index contributed by atoms with van der Waals surface area (Å²) in [7, 11) is 1.03. The summed E-state index contributed by atoms with van der Waals surface area (Å²) in [5.41, 5.74) is -1.86. The van der Waals surface area contributed by atoms with Crippen LogP contribution in [0.25, 0.3) is 0 Å². The van der Waals surface area contributed by atoms with Crippen molar-refractivity contribution in [1.82, 2.24) is 0 Å². The van der Waals surface area contributed by atoms with Crippen LogP contribution >= 0.6 is 0 Å². The highest BCUT2D eigenvalue weighted by Crippen LogP contribution is 2.34. The lowest BCUT2D eigenvalue weighted by molar-refractivity contribution is -0.160. The topological polar surface area (TPSA) is 26.3 Å². The number of methoxy groups -OCH3 is 1. The second kappa shape index (κ2) is 5.02. The number of carbonyl (C=O) groups excluding carboxylic acids is 1. The normalized spacial score (nSPS) is 17.3. The summed E-state index contributed by atoms with van der Waals surface area (Å²) >= 11 is 0. The Morgan fingerprint density at radius 2 is 2.07 bits per heavy atom. The summed E-state index contributed by atoms with van der Waals surface area (Å²) in [4.78, 5) is 11.1. The molecule has 5 heteroatoms. The van der Waals surface area contributed by atoms with Crippen LogP contribution < -0.4 is 0 Å². The van der Waals surface area contributed by atoms with E-state index in [2.05, 4.69) is 11.3 Å². The lowest BCUT2D eigenvalue weighted by Gasteiger charge is -2.28. The quantitative estimate of drug-likeness (QED) is 0.514. The molecule has 0 bridgehead atoms. The highest BCUT2D eigenvalue weighted by atomic mass is 19.3. The van der Waals surface area contributed by atoms with Crippen molar-refractivity contribution < 1.29 is 22.7 Å². The molecule has 0 aliphatic rings. The molecule has 0 amide bonds. The molecule has 2 unspecified atom stereocenters. The highest BCUT2D eigenvalue weighted by molar-refractivity contribution is 5.77. The lowest BCUT2D eigenvalue weighted by atomic mass is 9.82. The number of hydrogen-bond acceptors (Lipinski definition) is 2. The van der Waals surface area contributed by atoms with Gasteiger partial charge in [0.25, 0.3) is 6.43 Å². The van der Waals surface area contributed by atoms with Gasteiger partial charge in [-0.15, -0.1) is 6.58 Å². The molecule has 0 aliphatic carbocycles. The second-order valence-corrected chi connectivity index (χ2v) is 3.14. The number of hydrogen-bond donors (Lipinski definition) is 0. The molecule has 0 fully saturated rings. The van der Waals surface area contributed by atoms with Gasteiger partial charge in [-0.3, -0.25) is 4.79 Å². The molecule has 0 radical (unpaired) electrons. The van der Waals surface area contributed by atoms with Gasteiger partial charge in [-0.25, -0.2) is 13.2 Å². The van der Waals surface area contributed by atoms with E-state index >= 15 is 0 Å². The molecule has 0 saturated carbocycles. The maximum absolute atomic E-state index is 13.1. The molecule has 0 saturated heterocycles. The minimum atomic E-state index is -3.21. The minimum absolute atomic E-state index is 0.189. The molecule has 0 rings (SSSR count). The highest BCUT2D eigenvalue weighted by Gasteiger charge is 2.46. The van der Waals surface area contributed by atoms with Crippen LogP contribution in [0.2, 0.25) is 0 Å². The average Bonchev–Trinajstić information content (AvgIpc) is 2.15. The van der Waals surface area contributed by atoms with Crippen LogP contribution in [0.3, 0.4) is 0 Å². The van der Waals surface area contributed by atoms with Gasteiger partial charge < -0.3 is 4.74 Å². The molecule has 82 valence electrons. The zero-order valence-corrected chi connectivity index (χ0v) is 8.10. The standard InChI is InChI=1S/C9H13F3O2/c1-4-5-9(2,8(13)14-3)6(10)7(11)12/h4,6-7H,1,5H2,2-3H3. The zero-order valence-electron chi connectivity index (χ0n) is 8.10. The van der Waals surface area contributed by atoms with E-state index in [4.69, 9.17) is 0 Å². The van der Waals surface area contributed by atoms with Crippen LogP contribution in [-0.2, 0) is 9.53 Å². The molecule has 0 aromatic carbocycles. The first-order valence-electron chi connectivity index (χ1n) is 4.01. The van der Waals surface area contributed by atoms with Crippen LogP contribution in [0.15, 0.2) is 12.7 Å². The Labute approximate surface area is 80.7 Å². The monoisotopic (exact) mass is 210 g/mol. The molecular formula is C9H13F3O2. The number of carbonyl (C=O) groups is 1. The summed E-state index contributed by atoms with van der Waals surface area (Å²) in [6.07, 6.45) is -4.73.